The fourth-order valence-corrected chi connectivity index (χ4v) is 1.16. The maximum Gasteiger partial charge on any atom is 0.134 e. The summed E-state index contributed by atoms with van der Waals surface area (Å²) in [7, 11) is 0. The van der Waals surface area contributed by atoms with E-state index in [1.165, 1.54) is 6.33 Å². The molecule has 0 radical (unpaired) electrons. The minimum atomic E-state index is 0.469. The average molecular weight is 204 g/mol. The van der Waals surface area contributed by atoms with Crippen molar-refractivity contribution in [3.05, 3.63) is 17.5 Å². The topological polar surface area (TPSA) is 37.8 Å². The van der Waals surface area contributed by atoms with Crippen LogP contribution in [0.4, 0.5) is 5.82 Å². The van der Waals surface area contributed by atoms with Crippen LogP contribution in [-0.4, -0.2) is 28.5 Å². The van der Waals surface area contributed by atoms with E-state index in [1.807, 2.05) is 0 Å². The molecule has 0 aliphatic heterocycles. The number of hydrogen-bond donors (Lipinski definition) is 1. The SMILES string of the molecule is CSCCNc1cc(Cl)ncn1. The molecule has 0 aliphatic rings. The van der Waals surface area contributed by atoms with E-state index in [0.29, 0.717) is 5.15 Å². The van der Waals surface area contributed by atoms with Gasteiger partial charge >= 0.3 is 0 Å². The van der Waals surface area contributed by atoms with E-state index >= 15 is 0 Å². The lowest BCUT2D eigenvalue weighted by Crippen LogP contribution is -2.05. The van der Waals surface area contributed by atoms with Crippen molar-refractivity contribution in [2.24, 2.45) is 0 Å². The van der Waals surface area contributed by atoms with E-state index in [0.717, 1.165) is 18.1 Å². The second-order valence-corrected chi connectivity index (χ2v) is 3.52. The average Bonchev–Trinajstić information content (AvgIpc) is 2.05. The van der Waals surface area contributed by atoms with Gasteiger partial charge in [-0.25, -0.2) is 9.97 Å². The fourth-order valence-electron chi connectivity index (χ4n) is 0.711. The second kappa shape index (κ2) is 5.22. The summed E-state index contributed by atoms with van der Waals surface area (Å²) in [5, 5.41) is 3.60. The summed E-state index contributed by atoms with van der Waals surface area (Å²) in [4.78, 5) is 7.77. The standard InChI is InChI=1S/C7H10ClN3S/c1-12-3-2-9-7-4-6(8)10-5-11-7/h4-5H,2-3H2,1H3,(H,9,10,11). The van der Waals surface area contributed by atoms with Crippen LogP contribution in [0.5, 0.6) is 0 Å². The lowest BCUT2D eigenvalue weighted by Gasteiger charge is -2.02. The van der Waals surface area contributed by atoms with E-state index in [4.69, 9.17) is 11.6 Å². The Balaban J connectivity index is 2.41. The van der Waals surface area contributed by atoms with Crippen LogP contribution in [0.3, 0.4) is 0 Å². The largest absolute Gasteiger partial charge is 0.369 e. The quantitative estimate of drug-likeness (QED) is 0.599. The molecule has 0 bridgehead atoms. The Morgan fingerprint density at radius 1 is 1.58 bits per heavy atom. The Bertz CT molecular complexity index is 244. The predicted molar refractivity (Wildman–Crippen MR) is 53.9 cm³/mol. The molecule has 0 spiro atoms. The molecule has 0 fully saturated rings. The van der Waals surface area contributed by atoms with E-state index in [2.05, 4.69) is 21.5 Å². The number of hydrogen-bond acceptors (Lipinski definition) is 4. The highest BCUT2D eigenvalue weighted by molar-refractivity contribution is 7.98. The first kappa shape index (κ1) is 9.61. The first-order valence-corrected chi connectivity index (χ1v) is 5.30. The number of halogens is 1. The molecule has 0 unspecified atom stereocenters. The molecule has 0 aliphatic carbocycles. The number of nitrogens with zero attached hydrogens (tertiary/aromatic N) is 2. The van der Waals surface area contributed by atoms with Gasteiger partial charge in [-0.2, -0.15) is 11.8 Å². The van der Waals surface area contributed by atoms with Crippen LogP contribution in [-0.2, 0) is 0 Å². The molecule has 1 rings (SSSR count). The first-order valence-electron chi connectivity index (χ1n) is 3.53. The van der Waals surface area contributed by atoms with Gasteiger partial charge in [-0.15, -0.1) is 0 Å². The number of rotatable bonds is 4. The minimum Gasteiger partial charge on any atom is -0.369 e. The van der Waals surface area contributed by atoms with Crippen molar-refractivity contribution < 1.29 is 0 Å². The number of aromatic nitrogens is 2. The normalized spacial score (nSPS) is 9.83. The summed E-state index contributed by atoms with van der Waals surface area (Å²) in [6, 6.07) is 1.71. The van der Waals surface area contributed by atoms with Crippen molar-refractivity contribution in [3.8, 4) is 0 Å². The summed E-state index contributed by atoms with van der Waals surface area (Å²) >= 11 is 7.45. The Morgan fingerprint density at radius 3 is 3.08 bits per heavy atom. The van der Waals surface area contributed by atoms with Crippen LogP contribution >= 0.6 is 23.4 Å². The first-order chi connectivity index (χ1) is 5.83. The van der Waals surface area contributed by atoms with E-state index < -0.39 is 0 Å². The Hall–Kier alpha value is -0.480. The Morgan fingerprint density at radius 2 is 2.42 bits per heavy atom. The molecule has 0 saturated carbocycles. The van der Waals surface area contributed by atoms with Crippen molar-refractivity contribution in [2.45, 2.75) is 0 Å². The summed E-state index contributed by atoms with van der Waals surface area (Å²) in [6.07, 6.45) is 3.51. The van der Waals surface area contributed by atoms with Crippen LogP contribution in [0, 0.1) is 0 Å². The molecule has 12 heavy (non-hydrogen) atoms. The molecule has 1 heterocycles. The van der Waals surface area contributed by atoms with Gasteiger partial charge < -0.3 is 5.32 Å². The predicted octanol–water partition coefficient (Wildman–Crippen LogP) is 1.90. The van der Waals surface area contributed by atoms with Crippen LogP contribution in [0.15, 0.2) is 12.4 Å². The summed E-state index contributed by atoms with van der Waals surface area (Å²) in [6.45, 7) is 0.897. The molecule has 1 N–H and O–H groups in total. The Kier molecular flexibility index (Phi) is 4.18. The molecular formula is C7H10ClN3S. The van der Waals surface area contributed by atoms with Crippen molar-refractivity contribution >= 4 is 29.2 Å². The highest BCUT2D eigenvalue weighted by Gasteiger charge is 1.93. The molecule has 0 aromatic carbocycles. The number of nitrogens with one attached hydrogen (secondary N) is 1. The van der Waals surface area contributed by atoms with Gasteiger partial charge in [0, 0.05) is 18.4 Å². The minimum absolute atomic E-state index is 0.469. The number of thioether (sulfide) groups is 1. The fraction of sp³-hybridized carbons (Fsp3) is 0.429. The molecular weight excluding hydrogens is 194 g/mol. The smallest absolute Gasteiger partial charge is 0.134 e. The summed E-state index contributed by atoms with van der Waals surface area (Å²) in [5.74, 6) is 1.84. The van der Waals surface area contributed by atoms with E-state index in [9.17, 15) is 0 Å². The highest BCUT2D eigenvalue weighted by Crippen LogP contribution is 2.08. The van der Waals surface area contributed by atoms with Gasteiger partial charge in [-0.1, -0.05) is 11.6 Å². The zero-order valence-electron chi connectivity index (χ0n) is 6.75. The van der Waals surface area contributed by atoms with Crippen LogP contribution in [0.25, 0.3) is 0 Å². The summed E-state index contributed by atoms with van der Waals surface area (Å²) < 4.78 is 0. The van der Waals surface area contributed by atoms with Gasteiger partial charge in [0.2, 0.25) is 0 Å². The maximum atomic E-state index is 5.66. The van der Waals surface area contributed by atoms with Crippen molar-refractivity contribution in [2.75, 3.05) is 23.9 Å². The van der Waals surface area contributed by atoms with Crippen LogP contribution in [0.1, 0.15) is 0 Å². The van der Waals surface area contributed by atoms with E-state index in [1.54, 1.807) is 17.8 Å². The second-order valence-electron chi connectivity index (χ2n) is 2.15. The van der Waals surface area contributed by atoms with Gasteiger partial charge in [0.05, 0.1) is 0 Å². The van der Waals surface area contributed by atoms with Crippen LogP contribution < -0.4 is 5.32 Å². The molecule has 1 aromatic rings. The van der Waals surface area contributed by atoms with Crippen molar-refractivity contribution in [1.29, 1.82) is 0 Å². The van der Waals surface area contributed by atoms with Gasteiger partial charge in [0.1, 0.15) is 17.3 Å². The summed E-state index contributed by atoms with van der Waals surface area (Å²) in [5.41, 5.74) is 0. The lowest BCUT2D eigenvalue weighted by atomic mass is 10.5. The van der Waals surface area contributed by atoms with Crippen molar-refractivity contribution in [3.63, 3.8) is 0 Å². The Labute approximate surface area is 80.9 Å². The molecule has 1 aromatic heterocycles. The molecule has 0 amide bonds. The lowest BCUT2D eigenvalue weighted by molar-refractivity contribution is 1.12. The third-order valence-corrected chi connectivity index (χ3v) is 2.07. The maximum absolute atomic E-state index is 5.66. The molecule has 5 heteroatoms. The third-order valence-electron chi connectivity index (χ3n) is 1.25. The highest BCUT2D eigenvalue weighted by atomic mass is 35.5. The zero-order chi connectivity index (χ0) is 8.81. The number of anilines is 1. The van der Waals surface area contributed by atoms with Gasteiger partial charge in [0.15, 0.2) is 0 Å². The third kappa shape index (κ3) is 3.28. The van der Waals surface area contributed by atoms with Crippen LogP contribution in [0.2, 0.25) is 5.15 Å². The molecule has 66 valence electrons. The van der Waals surface area contributed by atoms with Crippen molar-refractivity contribution in [1.82, 2.24) is 9.97 Å². The van der Waals surface area contributed by atoms with Gasteiger partial charge in [-0.3, -0.25) is 0 Å². The van der Waals surface area contributed by atoms with Gasteiger partial charge in [-0.05, 0) is 6.26 Å². The van der Waals surface area contributed by atoms with E-state index in [-0.39, 0.29) is 0 Å². The van der Waals surface area contributed by atoms with Gasteiger partial charge in [0.25, 0.3) is 0 Å². The molecule has 0 saturated heterocycles. The zero-order valence-corrected chi connectivity index (χ0v) is 8.32. The molecule has 3 nitrogen and oxygen atoms in total. The molecule has 0 atom stereocenters. The monoisotopic (exact) mass is 203 g/mol.